The monoisotopic (exact) mass is 236 g/mol. The summed E-state index contributed by atoms with van der Waals surface area (Å²) in [6.45, 7) is 6.74. The summed E-state index contributed by atoms with van der Waals surface area (Å²) in [7, 11) is 0. The molecule has 1 saturated heterocycles. The van der Waals surface area contributed by atoms with Gasteiger partial charge >= 0.3 is 0 Å². The highest BCUT2D eigenvalue weighted by molar-refractivity contribution is 5.43. The van der Waals surface area contributed by atoms with E-state index in [1.807, 2.05) is 12.1 Å². The molecule has 1 aromatic rings. The minimum atomic E-state index is -0.178. The molecule has 3 heteroatoms. The maximum absolute atomic E-state index is 12.8. The molecule has 1 aliphatic heterocycles. The minimum absolute atomic E-state index is 0.178. The van der Waals surface area contributed by atoms with Crippen molar-refractivity contribution >= 4 is 5.69 Å². The molecule has 1 aliphatic rings. The van der Waals surface area contributed by atoms with Gasteiger partial charge in [-0.3, -0.25) is 4.90 Å². The molecule has 17 heavy (non-hydrogen) atoms. The molecule has 0 amide bonds. The third kappa shape index (κ3) is 3.43. The molecule has 0 saturated carbocycles. The fourth-order valence-corrected chi connectivity index (χ4v) is 2.38. The van der Waals surface area contributed by atoms with Crippen LogP contribution in [0.2, 0.25) is 0 Å². The van der Waals surface area contributed by atoms with Gasteiger partial charge in [-0.25, -0.2) is 4.39 Å². The molecule has 1 unspecified atom stereocenters. The Hall–Kier alpha value is -1.09. The Labute approximate surface area is 103 Å². The van der Waals surface area contributed by atoms with Gasteiger partial charge in [0, 0.05) is 24.3 Å². The number of halogens is 1. The lowest BCUT2D eigenvalue weighted by Gasteiger charge is -2.36. The third-order valence-electron chi connectivity index (χ3n) is 3.40. The average Bonchev–Trinajstić information content (AvgIpc) is 2.32. The first kappa shape index (κ1) is 12.4. The maximum atomic E-state index is 12.8. The SMILES string of the molecule is CC(C)N1CCCC(Nc2ccc(F)cc2)C1. The van der Waals surface area contributed by atoms with Crippen LogP contribution in [0.1, 0.15) is 26.7 Å². The van der Waals surface area contributed by atoms with Gasteiger partial charge in [-0.1, -0.05) is 0 Å². The number of rotatable bonds is 3. The number of piperidine rings is 1. The van der Waals surface area contributed by atoms with E-state index in [1.54, 1.807) is 0 Å². The molecule has 1 atom stereocenters. The van der Waals surface area contributed by atoms with Crippen LogP contribution >= 0.6 is 0 Å². The molecule has 1 fully saturated rings. The lowest BCUT2D eigenvalue weighted by Crippen LogP contribution is -2.45. The Morgan fingerprint density at radius 3 is 2.65 bits per heavy atom. The molecule has 1 aromatic carbocycles. The molecule has 2 rings (SSSR count). The molecule has 0 aromatic heterocycles. The van der Waals surface area contributed by atoms with E-state index in [4.69, 9.17) is 0 Å². The highest BCUT2D eigenvalue weighted by atomic mass is 19.1. The molecule has 1 N–H and O–H groups in total. The second kappa shape index (κ2) is 5.50. The zero-order valence-electron chi connectivity index (χ0n) is 10.6. The second-order valence-electron chi connectivity index (χ2n) is 5.08. The van der Waals surface area contributed by atoms with Gasteiger partial charge in [-0.2, -0.15) is 0 Å². The zero-order chi connectivity index (χ0) is 12.3. The summed E-state index contributed by atoms with van der Waals surface area (Å²) in [5, 5.41) is 3.48. The summed E-state index contributed by atoms with van der Waals surface area (Å²) >= 11 is 0. The number of hydrogen-bond donors (Lipinski definition) is 1. The molecule has 0 aliphatic carbocycles. The van der Waals surface area contributed by atoms with E-state index >= 15 is 0 Å². The summed E-state index contributed by atoms with van der Waals surface area (Å²) in [4.78, 5) is 2.49. The lowest BCUT2D eigenvalue weighted by atomic mass is 10.0. The normalized spacial score (nSPS) is 21.8. The van der Waals surface area contributed by atoms with Crippen molar-refractivity contribution in [3.8, 4) is 0 Å². The van der Waals surface area contributed by atoms with E-state index in [0.717, 1.165) is 12.2 Å². The number of benzene rings is 1. The Morgan fingerprint density at radius 2 is 2.00 bits per heavy atom. The van der Waals surface area contributed by atoms with Crippen molar-refractivity contribution in [2.75, 3.05) is 18.4 Å². The third-order valence-corrected chi connectivity index (χ3v) is 3.40. The number of nitrogens with zero attached hydrogens (tertiary/aromatic N) is 1. The Bertz CT molecular complexity index is 348. The van der Waals surface area contributed by atoms with Crippen molar-refractivity contribution in [1.82, 2.24) is 4.90 Å². The van der Waals surface area contributed by atoms with Crippen molar-refractivity contribution < 1.29 is 4.39 Å². The summed E-state index contributed by atoms with van der Waals surface area (Å²) in [5.41, 5.74) is 1.02. The quantitative estimate of drug-likeness (QED) is 0.867. The summed E-state index contributed by atoms with van der Waals surface area (Å²) in [6, 6.07) is 7.72. The van der Waals surface area contributed by atoms with E-state index < -0.39 is 0 Å². The van der Waals surface area contributed by atoms with Crippen LogP contribution < -0.4 is 5.32 Å². The van der Waals surface area contributed by atoms with Crippen LogP contribution in [0.15, 0.2) is 24.3 Å². The molecule has 2 nitrogen and oxygen atoms in total. The van der Waals surface area contributed by atoms with Gasteiger partial charge < -0.3 is 5.32 Å². The minimum Gasteiger partial charge on any atom is -0.381 e. The van der Waals surface area contributed by atoms with Crippen molar-refractivity contribution in [2.24, 2.45) is 0 Å². The number of nitrogens with one attached hydrogen (secondary N) is 1. The summed E-state index contributed by atoms with van der Waals surface area (Å²) in [6.07, 6.45) is 2.43. The van der Waals surface area contributed by atoms with Crippen LogP contribution in [0.25, 0.3) is 0 Å². The average molecular weight is 236 g/mol. The Balaban J connectivity index is 1.92. The molecule has 94 valence electrons. The first-order valence-corrected chi connectivity index (χ1v) is 6.41. The topological polar surface area (TPSA) is 15.3 Å². The predicted octanol–water partition coefficient (Wildman–Crippen LogP) is 3.11. The smallest absolute Gasteiger partial charge is 0.123 e. The largest absolute Gasteiger partial charge is 0.381 e. The van der Waals surface area contributed by atoms with Crippen LogP contribution in [0.5, 0.6) is 0 Å². The van der Waals surface area contributed by atoms with Crippen LogP contribution in [0.3, 0.4) is 0 Å². The zero-order valence-corrected chi connectivity index (χ0v) is 10.6. The van der Waals surface area contributed by atoms with E-state index in [1.165, 1.54) is 31.5 Å². The summed E-state index contributed by atoms with van der Waals surface area (Å²) in [5.74, 6) is -0.178. The van der Waals surface area contributed by atoms with Gasteiger partial charge in [-0.15, -0.1) is 0 Å². The molecular weight excluding hydrogens is 215 g/mol. The summed E-state index contributed by atoms with van der Waals surface area (Å²) < 4.78 is 12.8. The van der Waals surface area contributed by atoms with Crippen LogP contribution in [-0.2, 0) is 0 Å². The van der Waals surface area contributed by atoms with Crippen molar-refractivity contribution in [3.05, 3.63) is 30.1 Å². The van der Waals surface area contributed by atoms with Crippen molar-refractivity contribution in [3.63, 3.8) is 0 Å². The first-order chi connectivity index (χ1) is 8.15. The number of likely N-dealkylation sites (tertiary alicyclic amines) is 1. The maximum Gasteiger partial charge on any atom is 0.123 e. The van der Waals surface area contributed by atoms with Crippen LogP contribution in [0.4, 0.5) is 10.1 Å². The highest BCUT2D eigenvalue weighted by Gasteiger charge is 2.21. The first-order valence-electron chi connectivity index (χ1n) is 6.41. The fourth-order valence-electron chi connectivity index (χ4n) is 2.38. The molecule has 0 bridgehead atoms. The van der Waals surface area contributed by atoms with Crippen molar-refractivity contribution in [2.45, 2.75) is 38.8 Å². The van der Waals surface area contributed by atoms with E-state index in [-0.39, 0.29) is 5.82 Å². The number of hydrogen-bond acceptors (Lipinski definition) is 2. The van der Waals surface area contributed by atoms with Crippen LogP contribution in [-0.4, -0.2) is 30.1 Å². The van der Waals surface area contributed by atoms with Gasteiger partial charge in [0.05, 0.1) is 0 Å². The van der Waals surface area contributed by atoms with E-state index in [2.05, 4.69) is 24.1 Å². The Morgan fingerprint density at radius 1 is 1.29 bits per heavy atom. The number of anilines is 1. The molecule has 1 heterocycles. The van der Waals surface area contributed by atoms with E-state index in [0.29, 0.717) is 12.1 Å². The Kier molecular flexibility index (Phi) is 4.00. The molecular formula is C14H21FN2. The van der Waals surface area contributed by atoms with Gasteiger partial charge in [0.25, 0.3) is 0 Å². The van der Waals surface area contributed by atoms with Crippen LogP contribution in [0, 0.1) is 5.82 Å². The predicted molar refractivity (Wildman–Crippen MR) is 69.8 cm³/mol. The fraction of sp³-hybridized carbons (Fsp3) is 0.571. The lowest BCUT2D eigenvalue weighted by molar-refractivity contribution is 0.175. The van der Waals surface area contributed by atoms with Crippen molar-refractivity contribution in [1.29, 1.82) is 0 Å². The van der Waals surface area contributed by atoms with Gasteiger partial charge in [0.1, 0.15) is 5.82 Å². The highest BCUT2D eigenvalue weighted by Crippen LogP contribution is 2.17. The molecule has 0 radical (unpaired) electrons. The van der Waals surface area contributed by atoms with Gasteiger partial charge in [-0.05, 0) is 57.5 Å². The van der Waals surface area contributed by atoms with Gasteiger partial charge in [0.2, 0.25) is 0 Å². The molecule has 0 spiro atoms. The van der Waals surface area contributed by atoms with E-state index in [9.17, 15) is 4.39 Å². The van der Waals surface area contributed by atoms with Gasteiger partial charge in [0.15, 0.2) is 0 Å². The standard InChI is InChI=1S/C14H21FN2/c1-11(2)17-9-3-4-14(10-17)16-13-7-5-12(15)6-8-13/h5-8,11,14,16H,3-4,9-10H2,1-2H3. The second-order valence-corrected chi connectivity index (χ2v) is 5.08.